The minimum atomic E-state index is 0.749. The lowest BCUT2D eigenvalue weighted by Gasteiger charge is -2.17. The van der Waals surface area contributed by atoms with Crippen LogP contribution in [0.5, 0.6) is 5.75 Å². The number of halogens is 1. The number of benzene rings is 3. The molecule has 0 aliphatic heterocycles. The van der Waals surface area contributed by atoms with Gasteiger partial charge in [0.1, 0.15) is 5.75 Å². The van der Waals surface area contributed by atoms with E-state index < -0.39 is 0 Å². The first-order chi connectivity index (χ1) is 15.7. The van der Waals surface area contributed by atoms with Crippen molar-refractivity contribution in [2.75, 3.05) is 26.2 Å². The summed E-state index contributed by atoms with van der Waals surface area (Å²) in [6.45, 7) is 8.64. The molecule has 3 aromatic rings. The van der Waals surface area contributed by atoms with Crippen LogP contribution in [0.2, 0.25) is 0 Å². The van der Waals surface area contributed by atoms with Gasteiger partial charge in [0.2, 0.25) is 0 Å². The maximum atomic E-state index is 6.90. The summed E-state index contributed by atoms with van der Waals surface area (Å²) in [6.07, 6.45) is 3.51. The summed E-state index contributed by atoms with van der Waals surface area (Å²) in [5, 5.41) is 0.749. The van der Waals surface area contributed by atoms with Crippen LogP contribution in [0, 0.1) is 0 Å². The van der Waals surface area contributed by atoms with Crippen molar-refractivity contribution < 1.29 is 4.74 Å². The Kier molecular flexibility index (Phi) is 9.87. The second-order valence-electron chi connectivity index (χ2n) is 7.88. The third-order valence-corrected chi connectivity index (χ3v) is 6.14. The molecule has 0 amide bonds. The fourth-order valence-electron chi connectivity index (χ4n) is 3.82. The summed E-state index contributed by atoms with van der Waals surface area (Å²) < 4.78 is 5.99. The van der Waals surface area contributed by atoms with E-state index >= 15 is 0 Å². The Morgan fingerprint density at radius 2 is 1.25 bits per heavy atom. The van der Waals surface area contributed by atoms with Crippen LogP contribution >= 0.6 is 11.6 Å². The molecule has 3 heteroatoms. The van der Waals surface area contributed by atoms with Crippen molar-refractivity contribution in [3.05, 3.63) is 102 Å². The van der Waals surface area contributed by atoms with E-state index in [0.717, 1.165) is 59.2 Å². The normalized spacial score (nSPS) is 12.0. The standard InChI is InChI=1S/C29H34ClNO/c1-3-31(4-2)22-12-7-13-23-32-27-20-18-25(19-21-27)28(24-14-8-5-9-15-24)29(30)26-16-10-6-11-17-26/h5-6,8-11,14-21H,3-4,7,12-13,22-23H2,1-2H3/b29-28+. The Morgan fingerprint density at radius 3 is 1.84 bits per heavy atom. The molecule has 0 heterocycles. The third-order valence-electron chi connectivity index (χ3n) is 5.73. The molecule has 0 unspecified atom stereocenters. The van der Waals surface area contributed by atoms with Gasteiger partial charge in [0, 0.05) is 5.57 Å². The van der Waals surface area contributed by atoms with Crippen LogP contribution in [0.4, 0.5) is 0 Å². The fraction of sp³-hybridized carbons (Fsp3) is 0.310. The van der Waals surface area contributed by atoms with Crippen molar-refractivity contribution >= 4 is 22.2 Å². The lowest BCUT2D eigenvalue weighted by molar-refractivity contribution is 0.277. The predicted octanol–water partition coefficient (Wildman–Crippen LogP) is 7.73. The minimum Gasteiger partial charge on any atom is -0.494 e. The van der Waals surface area contributed by atoms with Crippen molar-refractivity contribution in [1.29, 1.82) is 0 Å². The average molecular weight is 448 g/mol. The molecular weight excluding hydrogens is 414 g/mol. The molecule has 0 spiro atoms. The van der Waals surface area contributed by atoms with E-state index in [-0.39, 0.29) is 0 Å². The van der Waals surface area contributed by atoms with Crippen LogP contribution in [0.3, 0.4) is 0 Å². The molecule has 3 aromatic carbocycles. The highest BCUT2D eigenvalue weighted by Gasteiger charge is 2.12. The Hall–Kier alpha value is -2.55. The van der Waals surface area contributed by atoms with Crippen molar-refractivity contribution in [2.45, 2.75) is 33.1 Å². The molecule has 0 saturated carbocycles. The van der Waals surface area contributed by atoms with Gasteiger partial charge < -0.3 is 9.64 Å². The largest absolute Gasteiger partial charge is 0.494 e. The monoisotopic (exact) mass is 447 g/mol. The molecule has 0 aliphatic rings. The molecule has 32 heavy (non-hydrogen) atoms. The van der Waals surface area contributed by atoms with Crippen molar-refractivity contribution in [1.82, 2.24) is 4.90 Å². The highest BCUT2D eigenvalue weighted by atomic mass is 35.5. The maximum Gasteiger partial charge on any atom is 0.119 e. The van der Waals surface area contributed by atoms with E-state index in [9.17, 15) is 0 Å². The molecule has 3 rings (SSSR count). The smallest absolute Gasteiger partial charge is 0.119 e. The molecule has 0 atom stereocenters. The van der Waals surface area contributed by atoms with Gasteiger partial charge in [-0.15, -0.1) is 0 Å². The Balaban J connectivity index is 1.66. The van der Waals surface area contributed by atoms with Crippen LogP contribution < -0.4 is 4.74 Å². The first-order valence-electron chi connectivity index (χ1n) is 11.7. The third kappa shape index (κ3) is 6.98. The number of nitrogens with zero attached hydrogens (tertiary/aromatic N) is 1. The van der Waals surface area contributed by atoms with E-state index in [2.05, 4.69) is 43.0 Å². The van der Waals surface area contributed by atoms with Crippen LogP contribution in [-0.4, -0.2) is 31.1 Å². The van der Waals surface area contributed by atoms with Gasteiger partial charge in [0.15, 0.2) is 0 Å². The van der Waals surface area contributed by atoms with Gasteiger partial charge in [-0.2, -0.15) is 0 Å². The highest BCUT2D eigenvalue weighted by molar-refractivity contribution is 6.53. The first kappa shape index (κ1) is 24.1. The lowest BCUT2D eigenvalue weighted by atomic mass is 9.95. The van der Waals surface area contributed by atoms with Crippen LogP contribution in [0.15, 0.2) is 84.9 Å². The van der Waals surface area contributed by atoms with Crippen LogP contribution in [0.25, 0.3) is 10.6 Å². The number of ether oxygens (including phenoxy) is 1. The van der Waals surface area contributed by atoms with Gasteiger partial charge in [0.05, 0.1) is 11.6 Å². The van der Waals surface area contributed by atoms with Gasteiger partial charge in [-0.25, -0.2) is 0 Å². The summed E-state index contributed by atoms with van der Waals surface area (Å²) >= 11 is 6.90. The fourth-order valence-corrected chi connectivity index (χ4v) is 4.16. The van der Waals surface area contributed by atoms with Crippen molar-refractivity contribution in [2.24, 2.45) is 0 Å². The van der Waals surface area contributed by atoms with Gasteiger partial charge >= 0.3 is 0 Å². The summed E-state index contributed by atoms with van der Waals surface area (Å²) in [4.78, 5) is 2.47. The number of rotatable bonds is 12. The maximum absolute atomic E-state index is 6.90. The van der Waals surface area contributed by atoms with Gasteiger partial charge in [-0.3, -0.25) is 0 Å². The van der Waals surface area contributed by atoms with Crippen molar-refractivity contribution in [3.8, 4) is 5.75 Å². The predicted molar refractivity (Wildman–Crippen MR) is 138 cm³/mol. The van der Waals surface area contributed by atoms with Gasteiger partial charge in [-0.1, -0.05) is 98.2 Å². The average Bonchev–Trinajstić information content (AvgIpc) is 2.86. The van der Waals surface area contributed by atoms with E-state index in [1.54, 1.807) is 0 Å². The molecule has 0 saturated heterocycles. The van der Waals surface area contributed by atoms with E-state index in [1.807, 2.05) is 60.7 Å². The van der Waals surface area contributed by atoms with Gasteiger partial charge in [-0.05, 0) is 67.7 Å². The number of hydrogen-bond acceptors (Lipinski definition) is 2. The second-order valence-corrected chi connectivity index (χ2v) is 8.26. The SMILES string of the molecule is CCN(CC)CCCCCOc1ccc(/C(=C(/Cl)c2ccccc2)c2ccccc2)cc1. The highest BCUT2D eigenvalue weighted by Crippen LogP contribution is 2.35. The second kappa shape index (κ2) is 13.1. The van der Waals surface area contributed by atoms with Gasteiger partial charge in [0.25, 0.3) is 0 Å². The molecule has 0 aliphatic carbocycles. The van der Waals surface area contributed by atoms with E-state index in [4.69, 9.17) is 16.3 Å². The topological polar surface area (TPSA) is 12.5 Å². The van der Waals surface area contributed by atoms with Crippen molar-refractivity contribution in [3.63, 3.8) is 0 Å². The zero-order chi connectivity index (χ0) is 22.6. The molecule has 2 nitrogen and oxygen atoms in total. The number of unbranched alkanes of at least 4 members (excludes halogenated alkanes) is 2. The first-order valence-corrected chi connectivity index (χ1v) is 12.1. The summed E-state index contributed by atoms with van der Waals surface area (Å²) in [7, 11) is 0. The molecule has 0 N–H and O–H groups in total. The number of hydrogen-bond donors (Lipinski definition) is 0. The van der Waals surface area contributed by atoms with E-state index in [1.165, 1.54) is 19.4 Å². The molecule has 168 valence electrons. The summed E-state index contributed by atoms with van der Waals surface area (Å²) in [5.41, 5.74) is 4.22. The minimum absolute atomic E-state index is 0.749. The zero-order valence-corrected chi connectivity index (χ0v) is 20.0. The molecule has 0 aromatic heterocycles. The Bertz CT molecular complexity index is 947. The Labute approximate surface area is 198 Å². The molecule has 0 bridgehead atoms. The van der Waals surface area contributed by atoms with E-state index in [0.29, 0.717) is 0 Å². The summed E-state index contributed by atoms with van der Waals surface area (Å²) in [6, 6.07) is 28.7. The molecular formula is C29H34ClNO. The molecule has 0 fully saturated rings. The lowest BCUT2D eigenvalue weighted by Crippen LogP contribution is -2.23. The summed E-state index contributed by atoms with van der Waals surface area (Å²) in [5.74, 6) is 0.903. The van der Waals surface area contributed by atoms with Crippen LogP contribution in [0.1, 0.15) is 49.8 Å². The Morgan fingerprint density at radius 1 is 0.688 bits per heavy atom. The quantitative estimate of drug-likeness (QED) is 0.208. The van der Waals surface area contributed by atoms with Crippen LogP contribution in [-0.2, 0) is 0 Å². The molecule has 0 radical (unpaired) electrons. The zero-order valence-electron chi connectivity index (χ0n) is 19.3.